The molecule has 0 aromatic heterocycles. The molecule has 2 aromatic rings. The van der Waals surface area contributed by atoms with E-state index in [9.17, 15) is 9.59 Å². The van der Waals surface area contributed by atoms with Gasteiger partial charge in [0.15, 0.2) is 6.61 Å². The highest BCUT2D eigenvalue weighted by Gasteiger charge is 2.25. The predicted molar refractivity (Wildman–Crippen MR) is 91.7 cm³/mol. The second-order valence-electron chi connectivity index (χ2n) is 6.24. The fourth-order valence-corrected chi connectivity index (χ4v) is 3.31. The quantitative estimate of drug-likeness (QED) is 0.878. The molecule has 0 radical (unpaired) electrons. The largest absolute Gasteiger partial charge is 0.482 e. The van der Waals surface area contributed by atoms with E-state index in [1.165, 1.54) is 11.1 Å². The molecule has 2 aliphatic rings. The molecule has 0 atom stereocenters. The van der Waals surface area contributed by atoms with Crippen LogP contribution in [0.3, 0.4) is 0 Å². The summed E-state index contributed by atoms with van der Waals surface area (Å²) in [4.78, 5) is 26.3. The van der Waals surface area contributed by atoms with Crippen molar-refractivity contribution < 1.29 is 14.3 Å². The number of rotatable bonds is 1. The van der Waals surface area contributed by atoms with E-state index in [4.69, 9.17) is 4.74 Å². The van der Waals surface area contributed by atoms with Gasteiger partial charge >= 0.3 is 0 Å². The highest BCUT2D eigenvalue weighted by Crippen LogP contribution is 2.32. The summed E-state index contributed by atoms with van der Waals surface area (Å²) < 4.78 is 5.35. The second kappa shape index (κ2) is 5.67. The van der Waals surface area contributed by atoms with Crippen molar-refractivity contribution >= 4 is 23.2 Å². The number of nitrogens with zero attached hydrogens (tertiary/aromatic N) is 1. The van der Waals surface area contributed by atoms with Crippen LogP contribution >= 0.6 is 0 Å². The van der Waals surface area contributed by atoms with Crippen LogP contribution in [0.1, 0.15) is 27.9 Å². The zero-order chi connectivity index (χ0) is 16.7. The molecule has 5 heteroatoms. The third kappa shape index (κ3) is 2.52. The molecule has 2 amide bonds. The number of benzene rings is 2. The zero-order valence-electron chi connectivity index (χ0n) is 13.5. The molecule has 0 aliphatic carbocycles. The Bertz CT molecular complexity index is 845. The number of hydrogen-bond donors (Lipinski definition) is 1. The Morgan fingerprint density at radius 3 is 2.96 bits per heavy atom. The molecule has 0 bridgehead atoms. The summed E-state index contributed by atoms with van der Waals surface area (Å²) in [5, 5.41) is 2.75. The maximum atomic E-state index is 13.0. The van der Waals surface area contributed by atoms with Crippen molar-refractivity contribution in [2.24, 2.45) is 0 Å². The van der Waals surface area contributed by atoms with Crippen molar-refractivity contribution in [2.45, 2.75) is 19.8 Å². The third-order valence-electron chi connectivity index (χ3n) is 4.46. The van der Waals surface area contributed by atoms with Crippen molar-refractivity contribution in [1.82, 2.24) is 0 Å². The lowest BCUT2D eigenvalue weighted by molar-refractivity contribution is -0.118. The van der Waals surface area contributed by atoms with Gasteiger partial charge in [-0.1, -0.05) is 17.7 Å². The summed E-state index contributed by atoms with van der Waals surface area (Å²) in [6.45, 7) is 2.78. The smallest absolute Gasteiger partial charge is 0.262 e. The lowest BCUT2D eigenvalue weighted by Crippen LogP contribution is -2.35. The summed E-state index contributed by atoms with van der Waals surface area (Å²) in [5.41, 5.74) is 4.50. The van der Waals surface area contributed by atoms with Crippen LogP contribution in [0.2, 0.25) is 0 Å². The minimum absolute atomic E-state index is 0.0130. The van der Waals surface area contributed by atoms with Gasteiger partial charge in [-0.05, 0) is 49.6 Å². The van der Waals surface area contributed by atoms with Gasteiger partial charge in [-0.25, -0.2) is 0 Å². The molecule has 4 rings (SSSR count). The first-order valence-electron chi connectivity index (χ1n) is 8.10. The van der Waals surface area contributed by atoms with Crippen molar-refractivity contribution in [3.05, 3.63) is 53.1 Å². The first kappa shape index (κ1) is 14.8. The highest BCUT2D eigenvalue weighted by atomic mass is 16.5. The number of carbonyl (C=O) groups excluding carboxylic acids is 2. The van der Waals surface area contributed by atoms with Crippen LogP contribution in [0.25, 0.3) is 0 Å². The van der Waals surface area contributed by atoms with Crippen molar-refractivity contribution in [3.8, 4) is 5.75 Å². The number of hydrogen-bond acceptors (Lipinski definition) is 3. The van der Waals surface area contributed by atoms with Gasteiger partial charge in [0.1, 0.15) is 5.75 Å². The van der Waals surface area contributed by atoms with Gasteiger partial charge in [-0.3, -0.25) is 9.59 Å². The molecule has 0 fully saturated rings. The van der Waals surface area contributed by atoms with Gasteiger partial charge in [0.05, 0.1) is 5.69 Å². The van der Waals surface area contributed by atoms with E-state index in [1.807, 2.05) is 17.0 Å². The van der Waals surface area contributed by atoms with Crippen molar-refractivity contribution in [1.29, 1.82) is 0 Å². The predicted octanol–water partition coefficient (Wildman–Crippen LogP) is 2.92. The lowest BCUT2D eigenvalue weighted by Gasteiger charge is -2.30. The first-order valence-corrected chi connectivity index (χ1v) is 8.10. The van der Waals surface area contributed by atoms with Crippen LogP contribution < -0.4 is 15.0 Å². The molecular weight excluding hydrogens is 304 g/mol. The summed E-state index contributed by atoms with van der Waals surface area (Å²) in [6.07, 6.45) is 1.95. The third-order valence-corrected chi connectivity index (χ3v) is 4.46. The Morgan fingerprint density at radius 2 is 2.08 bits per heavy atom. The van der Waals surface area contributed by atoms with E-state index < -0.39 is 0 Å². The Labute approximate surface area is 140 Å². The Balaban J connectivity index is 1.68. The van der Waals surface area contributed by atoms with Crippen LogP contribution in [0.4, 0.5) is 11.4 Å². The van der Waals surface area contributed by atoms with E-state index in [1.54, 1.807) is 18.2 Å². The zero-order valence-corrected chi connectivity index (χ0v) is 13.5. The van der Waals surface area contributed by atoms with Gasteiger partial charge in [0.2, 0.25) is 0 Å². The van der Waals surface area contributed by atoms with Crippen LogP contribution in [0.15, 0.2) is 36.4 Å². The summed E-state index contributed by atoms with van der Waals surface area (Å²) >= 11 is 0. The minimum Gasteiger partial charge on any atom is -0.482 e. The summed E-state index contributed by atoms with van der Waals surface area (Å²) in [5.74, 6) is 0.342. The van der Waals surface area contributed by atoms with Crippen LogP contribution in [0.5, 0.6) is 5.75 Å². The fourth-order valence-electron chi connectivity index (χ4n) is 3.31. The van der Waals surface area contributed by atoms with E-state index in [0.717, 1.165) is 18.5 Å². The number of carbonyl (C=O) groups is 2. The minimum atomic E-state index is -0.203. The van der Waals surface area contributed by atoms with Crippen LogP contribution in [-0.2, 0) is 11.2 Å². The topological polar surface area (TPSA) is 58.6 Å². The van der Waals surface area contributed by atoms with Gasteiger partial charge in [-0.2, -0.15) is 0 Å². The maximum absolute atomic E-state index is 13.0. The Hall–Kier alpha value is -2.82. The molecule has 0 spiro atoms. The average molecular weight is 322 g/mol. The molecule has 0 saturated heterocycles. The molecular formula is C19H18N2O3. The number of aryl methyl sites for hydroxylation is 2. The molecule has 1 N–H and O–H groups in total. The van der Waals surface area contributed by atoms with Gasteiger partial charge < -0.3 is 15.0 Å². The standard InChI is InChI=1S/C19H18N2O3/c1-12-4-6-16-13(9-12)3-2-8-21(16)19(23)14-5-7-17-15(10-14)20-18(22)11-24-17/h4-7,9-10H,2-3,8,11H2,1H3,(H,20,22). The van der Waals surface area contributed by atoms with Gasteiger partial charge in [-0.15, -0.1) is 0 Å². The number of ether oxygens (including phenoxy) is 1. The molecule has 122 valence electrons. The molecule has 0 unspecified atom stereocenters. The van der Waals surface area contributed by atoms with E-state index in [-0.39, 0.29) is 18.4 Å². The Morgan fingerprint density at radius 1 is 1.21 bits per heavy atom. The maximum Gasteiger partial charge on any atom is 0.262 e. The molecule has 2 aromatic carbocycles. The summed E-state index contributed by atoms with van der Waals surface area (Å²) in [7, 11) is 0. The van der Waals surface area contributed by atoms with E-state index in [2.05, 4.69) is 18.3 Å². The molecule has 2 heterocycles. The van der Waals surface area contributed by atoms with Crippen LogP contribution in [0, 0.1) is 6.92 Å². The average Bonchev–Trinajstić information content (AvgIpc) is 2.59. The number of nitrogens with one attached hydrogen (secondary N) is 1. The van der Waals surface area contributed by atoms with Crippen LogP contribution in [-0.4, -0.2) is 25.0 Å². The van der Waals surface area contributed by atoms with E-state index in [0.29, 0.717) is 23.5 Å². The Kier molecular flexibility index (Phi) is 3.49. The first-order chi connectivity index (χ1) is 11.6. The normalized spacial score (nSPS) is 15.9. The summed E-state index contributed by atoms with van der Waals surface area (Å²) in [6, 6.07) is 11.4. The SMILES string of the molecule is Cc1ccc2c(c1)CCCN2C(=O)c1ccc2c(c1)NC(=O)CO2. The fraction of sp³-hybridized carbons (Fsp3) is 0.263. The van der Waals surface area contributed by atoms with Crippen molar-refractivity contribution in [3.63, 3.8) is 0 Å². The van der Waals surface area contributed by atoms with E-state index >= 15 is 0 Å². The molecule has 5 nitrogen and oxygen atoms in total. The number of anilines is 2. The number of amides is 2. The molecule has 24 heavy (non-hydrogen) atoms. The van der Waals surface area contributed by atoms with Gasteiger partial charge in [0.25, 0.3) is 11.8 Å². The van der Waals surface area contributed by atoms with Crippen molar-refractivity contribution in [2.75, 3.05) is 23.4 Å². The molecule has 2 aliphatic heterocycles. The second-order valence-corrected chi connectivity index (χ2v) is 6.24. The number of fused-ring (bicyclic) bond motifs is 2. The monoisotopic (exact) mass is 322 g/mol. The molecule has 0 saturated carbocycles. The highest BCUT2D eigenvalue weighted by molar-refractivity contribution is 6.08. The van der Waals surface area contributed by atoms with Gasteiger partial charge in [0, 0.05) is 17.8 Å². The lowest BCUT2D eigenvalue weighted by atomic mass is 9.98.